The monoisotopic (exact) mass is 307 g/mol. The SMILES string of the molecule is CCCOS(=O)(=O)c1ccc(C)c(-c2ccncc2O)c1. The van der Waals surface area contributed by atoms with Gasteiger partial charge in [-0.2, -0.15) is 8.42 Å². The fourth-order valence-corrected chi connectivity index (χ4v) is 2.94. The molecule has 21 heavy (non-hydrogen) atoms. The molecule has 5 nitrogen and oxygen atoms in total. The molecule has 0 radical (unpaired) electrons. The van der Waals surface area contributed by atoms with Gasteiger partial charge in [0.15, 0.2) is 0 Å². The summed E-state index contributed by atoms with van der Waals surface area (Å²) in [4.78, 5) is 3.90. The third-order valence-electron chi connectivity index (χ3n) is 3.03. The molecule has 1 aromatic heterocycles. The second-order valence-corrected chi connectivity index (χ2v) is 6.26. The van der Waals surface area contributed by atoms with Crippen LogP contribution in [-0.2, 0) is 14.3 Å². The second kappa shape index (κ2) is 6.24. The lowest BCUT2D eigenvalue weighted by Crippen LogP contribution is -2.07. The first-order valence-corrected chi connectivity index (χ1v) is 8.00. The summed E-state index contributed by atoms with van der Waals surface area (Å²) in [6.45, 7) is 3.83. The Bertz CT molecular complexity index is 741. The van der Waals surface area contributed by atoms with Crippen molar-refractivity contribution < 1.29 is 17.7 Å². The smallest absolute Gasteiger partial charge is 0.296 e. The highest BCUT2D eigenvalue weighted by Crippen LogP contribution is 2.32. The first kappa shape index (κ1) is 15.5. The van der Waals surface area contributed by atoms with Gasteiger partial charge in [-0.1, -0.05) is 13.0 Å². The summed E-state index contributed by atoms with van der Waals surface area (Å²) in [5.41, 5.74) is 2.03. The van der Waals surface area contributed by atoms with Crippen molar-refractivity contribution in [3.63, 3.8) is 0 Å². The molecule has 0 saturated heterocycles. The van der Waals surface area contributed by atoms with E-state index in [0.29, 0.717) is 17.5 Å². The van der Waals surface area contributed by atoms with E-state index in [1.807, 2.05) is 13.8 Å². The van der Waals surface area contributed by atoms with Crippen LogP contribution in [0.5, 0.6) is 5.75 Å². The Morgan fingerprint density at radius 2 is 2.00 bits per heavy atom. The van der Waals surface area contributed by atoms with Crippen LogP contribution in [0, 0.1) is 6.92 Å². The van der Waals surface area contributed by atoms with Crippen molar-refractivity contribution in [2.24, 2.45) is 0 Å². The van der Waals surface area contributed by atoms with Gasteiger partial charge in [0, 0.05) is 11.8 Å². The lowest BCUT2D eigenvalue weighted by molar-refractivity contribution is 0.318. The van der Waals surface area contributed by atoms with Crippen LogP contribution in [0.1, 0.15) is 18.9 Å². The minimum atomic E-state index is -3.78. The molecule has 0 aliphatic carbocycles. The molecule has 1 N–H and O–H groups in total. The van der Waals surface area contributed by atoms with Gasteiger partial charge in [-0.15, -0.1) is 0 Å². The molecule has 112 valence electrons. The predicted octanol–water partition coefficient (Wildman–Crippen LogP) is 2.88. The van der Waals surface area contributed by atoms with E-state index in [4.69, 9.17) is 4.18 Å². The number of aryl methyl sites for hydroxylation is 1. The molecule has 2 rings (SSSR count). The number of nitrogens with zero attached hydrogens (tertiary/aromatic N) is 1. The fraction of sp³-hybridized carbons (Fsp3) is 0.267. The average molecular weight is 307 g/mol. The Labute approximate surface area is 124 Å². The molecular weight excluding hydrogens is 290 g/mol. The first-order valence-electron chi connectivity index (χ1n) is 6.59. The molecule has 1 aromatic carbocycles. The molecule has 0 amide bonds. The van der Waals surface area contributed by atoms with E-state index in [-0.39, 0.29) is 17.3 Å². The quantitative estimate of drug-likeness (QED) is 0.860. The van der Waals surface area contributed by atoms with Crippen LogP contribution in [0.15, 0.2) is 41.6 Å². The molecule has 0 spiro atoms. The largest absolute Gasteiger partial charge is 0.506 e. The van der Waals surface area contributed by atoms with E-state index in [2.05, 4.69) is 4.98 Å². The lowest BCUT2D eigenvalue weighted by atomic mass is 10.0. The maximum atomic E-state index is 12.1. The van der Waals surface area contributed by atoms with Crippen LogP contribution >= 0.6 is 0 Å². The number of aromatic hydroxyl groups is 1. The van der Waals surface area contributed by atoms with Crippen molar-refractivity contribution in [1.29, 1.82) is 0 Å². The normalized spacial score (nSPS) is 11.5. The molecule has 0 aliphatic heterocycles. The van der Waals surface area contributed by atoms with E-state index in [1.54, 1.807) is 18.3 Å². The van der Waals surface area contributed by atoms with Crippen molar-refractivity contribution in [1.82, 2.24) is 4.98 Å². The number of hydrogen-bond acceptors (Lipinski definition) is 5. The minimum absolute atomic E-state index is 0.00428. The van der Waals surface area contributed by atoms with Gasteiger partial charge >= 0.3 is 0 Å². The summed E-state index contributed by atoms with van der Waals surface area (Å²) >= 11 is 0. The molecule has 0 fully saturated rings. The molecule has 0 aliphatic rings. The molecule has 1 heterocycles. The third-order valence-corrected chi connectivity index (χ3v) is 4.34. The lowest BCUT2D eigenvalue weighted by Gasteiger charge is -2.11. The van der Waals surface area contributed by atoms with Gasteiger partial charge in [0.1, 0.15) is 5.75 Å². The van der Waals surface area contributed by atoms with Gasteiger partial charge in [-0.3, -0.25) is 9.17 Å². The van der Waals surface area contributed by atoms with E-state index in [1.165, 1.54) is 18.3 Å². The van der Waals surface area contributed by atoms with Crippen LogP contribution in [-0.4, -0.2) is 25.1 Å². The van der Waals surface area contributed by atoms with E-state index in [9.17, 15) is 13.5 Å². The van der Waals surface area contributed by atoms with Gasteiger partial charge in [0.25, 0.3) is 10.1 Å². The topological polar surface area (TPSA) is 76.5 Å². The minimum Gasteiger partial charge on any atom is -0.506 e. The summed E-state index contributed by atoms with van der Waals surface area (Å²) in [5, 5.41) is 9.88. The number of benzene rings is 1. The summed E-state index contributed by atoms with van der Waals surface area (Å²) in [6.07, 6.45) is 3.48. The van der Waals surface area contributed by atoms with Crippen molar-refractivity contribution in [3.8, 4) is 16.9 Å². The highest BCUT2D eigenvalue weighted by Gasteiger charge is 2.17. The Kier molecular flexibility index (Phi) is 4.59. The molecule has 6 heteroatoms. The Balaban J connectivity index is 2.51. The van der Waals surface area contributed by atoms with Gasteiger partial charge in [0.05, 0.1) is 17.7 Å². The average Bonchev–Trinajstić information content (AvgIpc) is 2.46. The fourth-order valence-electron chi connectivity index (χ4n) is 1.92. The molecule has 0 atom stereocenters. The van der Waals surface area contributed by atoms with E-state index < -0.39 is 10.1 Å². The highest BCUT2D eigenvalue weighted by atomic mass is 32.2. The maximum Gasteiger partial charge on any atom is 0.296 e. The number of rotatable bonds is 5. The number of aromatic nitrogens is 1. The van der Waals surface area contributed by atoms with Crippen LogP contribution in [0.25, 0.3) is 11.1 Å². The zero-order valence-electron chi connectivity index (χ0n) is 11.9. The molecule has 0 saturated carbocycles. The van der Waals surface area contributed by atoms with Crippen molar-refractivity contribution in [3.05, 3.63) is 42.2 Å². The molecule has 0 unspecified atom stereocenters. The highest BCUT2D eigenvalue weighted by molar-refractivity contribution is 7.86. The van der Waals surface area contributed by atoms with Crippen LogP contribution < -0.4 is 0 Å². The Morgan fingerprint density at radius 1 is 1.24 bits per heavy atom. The maximum absolute atomic E-state index is 12.1. The third kappa shape index (κ3) is 3.40. The second-order valence-electron chi connectivity index (χ2n) is 4.65. The van der Waals surface area contributed by atoms with Crippen LogP contribution in [0.3, 0.4) is 0 Å². The van der Waals surface area contributed by atoms with Gasteiger partial charge in [-0.05, 0) is 42.7 Å². The molecular formula is C15H17NO4S. The number of pyridine rings is 1. The summed E-state index contributed by atoms with van der Waals surface area (Å²) in [5.74, 6) is 0.00428. The van der Waals surface area contributed by atoms with Gasteiger partial charge < -0.3 is 5.11 Å². The van der Waals surface area contributed by atoms with Crippen LogP contribution in [0.2, 0.25) is 0 Å². The zero-order chi connectivity index (χ0) is 15.5. The standard InChI is InChI=1S/C15H17NO4S/c1-3-8-20-21(18,19)12-5-4-11(2)14(9-12)13-6-7-16-10-15(13)17/h4-7,9-10,17H,3,8H2,1-2H3. The van der Waals surface area contributed by atoms with Crippen molar-refractivity contribution in [2.75, 3.05) is 6.61 Å². The Hall–Kier alpha value is -1.92. The first-order chi connectivity index (χ1) is 9.95. The van der Waals surface area contributed by atoms with E-state index in [0.717, 1.165) is 5.56 Å². The Morgan fingerprint density at radius 3 is 2.67 bits per heavy atom. The molecule has 2 aromatic rings. The van der Waals surface area contributed by atoms with Gasteiger partial charge in [-0.25, -0.2) is 0 Å². The van der Waals surface area contributed by atoms with E-state index >= 15 is 0 Å². The number of hydrogen-bond donors (Lipinski definition) is 1. The van der Waals surface area contributed by atoms with Gasteiger partial charge in [0.2, 0.25) is 0 Å². The molecule has 0 bridgehead atoms. The summed E-state index contributed by atoms with van der Waals surface area (Å²) in [7, 11) is -3.78. The summed E-state index contributed by atoms with van der Waals surface area (Å²) < 4.78 is 29.1. The predicted molar refractivity (Wildman–Crippen MR) is 79.5 cm³/mol. The zero-order valence-corrected chi connectivity index (χ0v) is 12.7. The summed E-state index contributed by atoms with van der Waals surface area (Å²) in [6, 6.07) is 6.34. The van der Waals surface area contributed by atoms with Crippen molar-refractivity contribution >= 4 is 10.1 Å². The van der Waals surface area contributed by atoms with Crippen LogP contribution in [0.4, 0.5) is 0 Å². The van der Waals surface area contributed by atoms with Crippen molar-refractivity contribution in [2.45, 2.75) is 25.2 Å².